The van der Waals surface area contributed by atoms with E-state index >= 15 is 0 Å². The first kappa shape index (κ1) is 21.6. The second kappa shape index (κ2) is 8.85. The second-order valence-electron chi connectivity index (χ2n) is 7.19. The standard InChI is InChI=1S/C25H20ClFN2O3/c1-3-32-21-7-5-4-6-20(21)29-24(30)22(16-9-12-18(27)13-10-16)23(25(29)31)28-19-14-17(26)11-8-15(19)2/h4-14,28H,3H2,1-2H3. The van der Waals surface area contributed by atoms with E-state index < -0.39 is 17.6 Å². The van der Waals surface area contributed by atoms with Crippen LogP contribution in [0.3, 0.4) is 0 Å². The van der Waals surface area contributed by atoms with Crippen LogP contribution in [-0.2, 0) is 9.59 Å². The van der Waals surface area contributed by atoms with Crippen molar-refractivity contribution >= 4 is 40.4 Å². The van der Waals surface area contributed by atoms with Crippen molar-refractivity contribution in [2.24, 2.45) is 0 Å². The minimum Gasteiger partial charge on any atom is -0.492 e. The molecule has 1 aliphatic rings. The number of carbonyl (C=O) groups excluding carboxylic acids is 2. The molecule has 5 nitrogen and oxygen atoms in total. The number of anilines is 2. The van der Waals surface area contributed by atoms with Gasteiger partial charge < -0.3 is 10.1 Å². The molecule has 4 rings (SSSR count). The zero-order valence-corrected chi connectivity index (χ0v) is 18.2. The Morgan fingerprint density at radius 3 is 2.44 bits per heavy atom. The molecule has 1 aliphatic heterocycles. The Hall–Kier alpha value is -3.64. The summed E-state index contributed by atoms with van der Waals surface area (Å²) in [5.41, 5.74) is 2.41. The third-order valence-corrected chi connectivity index (χ3v) is 5.32. The highest BCUT2D eigenvalue weighted by molar-refractivity contribution is 6.46. The van der Waals surface area contributed by atoms with E-state index in [0.29, 0.717) is 34.3 Å². The van der Waals surface area contributed by atoms with Gasteiger partial charge in [0.15, 0.2) is 0 Å². The van der Waals surface area contributed by atoms with Gasteiger partial charge in [-0.25, -0.2) is 9.29 Å². The topological polar surface area (TPSA) is 58.6 Å². The molecule has 0 bridgehead atoms. The lowest BCUT2D eigenvalue weighted by Crippen LogP contribution is -2.32. The lowest BCUT2D eigenvalue weighted by Gasteiger charge is -2.19. The smallest absolute Gasteiger partial charge is 0.282 e. The number of aryl methyl sites for hydroxylation is 1. The van der Waals surface area contributed by atoms with Crippen molar-refractivity contribution in [3.63, 3.8) is 0 Å². The molecule has 0 spiro atoms. The fourth-order valence-corrected chi connectivity index (χ4v) is 3.70. The van der Waals surface area contributed by atoms with Crippen molar-refractivity contribution in [3.8, 4) is 5.75 Å². The number of ether oxygens (including phenoxy) is 1. The molecule has 32 heavy (non-hydrogen) atoms. The summed E-state index contributed by atoms with van der Waals surface area (Å²) in [5, 5.41) is 3.58. The van der Waals surface area contributed by atoms with Gasteiger partial charge in [-0.2, -0.15) is 0 Å². The maximum Gasteiger partial charge on any atom is 0.282 e. The summed E-state index contributed by atoms with van der Waals surface area (Å²) in [6.07, 6.45) is 0. The number of hydrogen-bond donors (Lipinski definition) is 1. The number of rotatable bonds is 6. The monoisotopic (exact) mass is 450 g/mol. The number of imide groups is 1. The van der Waals surface area contributed by atoms with Crippen molar-refractivity contribution in [2.75, 3.05) is 16.8 Å². The quantitative estimate of drug-likeness (QED) is 0.498. The Balaban J connectivity index is 1.86. The Morgan fingerprint density at radius 2 is 1.72 bits per heavy atom. The van der Waals surface area contributed by atoms with Crippen molar-refractivity contribution in [3.05, 3.63) is 94.4 Å². The van der Waals surface area contributed by atoms with Crippen molar-refractivity contribution in [1.82, 2.24) is 0 Å². The Labute approximate surface area is 190 Å². The van der Waals surface area contributed by atoms with Crippen molar-refractivity contribution in [1.29, 1.82) is 0 Å². The highest BCUT2D eigenvalue weighted by Gasteiger charge is 2.41. The van der Waals surface area contributed by atoms with Crippen LogP contribution in [-0.4, -0.2) is 18.4 Å². The zero-order chi connectivity index (χ0) is 22.8. The molecule has 0 unspecified atom stereocenters. The molecule has 0 aliphatic carbocycles. The van der Waals surface area contributed by atoms with Gasteiger partial charge in [-0.05, 0) is 61.4 Å². The van der Waals surface area contributed by atoms with Crippen LogP contribution < -0.4 is 15.0 Å². The first-order valence-electron chi connectivity index (χ1n) is 10.0. The zero-order valence-electron chi connectivity index (χ0n) is 17.5. The largest absolute Gasteiger partial charge is 0.492 e. The third kappa shape index (κ3) is 3.97. The van der Waals surface area contributed by atoms with E-state index in [4.69, 9.17) is 16.3 Å². The molecule has 1 heterocycles. The summed E-state index contributed by atoms with van der Waals surface area (Å²) in [6, 6.07) is 17.5. The maximum atomic E-state index is 13.5. The normalized spacial score (nSPS) is 13.7. The van der Waals surface area contributed by atoms with Crippen LogP contribution in [0.15, 0.2) is 72.4 Å². The summed E-state index contributed by atoms with van der Waals surface area (Å²) in [5.74, 6) is -1.10. The predicted octanol–water partition coefficient (Wildman–Crippen LogP) is 5.58. The first-order chi connectivity index (χ1) is 15.4. The molecule has 162 valence electrons. The molecule has 3 aromatic rings. The molecule has 0 aromatic heterocycles. The SMILES string of the molecule is CCOc1ccccc1N1C(=O)C(Nc2cc(Cl)ccc2C)=C(c2ccc(F)cc2)C1=O. The summed E-state index contributed by atoms with van der Waals surface area (Å²) in [4.78, 5) is 28.2. The van der Waals surface area contributed by atoms with Gasteiger partial charge in [-0.15, -0.1) is 0 Å². The van der Waals surface area contributed by atoms with Gasteiger partial charge in [0.05, 0.1) is 17.9 Å². The summed E-state index contributed by atoms with van der Waals surface area (Å²) >= 11 is 6.14. The van der Waals surface area contributed by atoms with Crippen LogP contribution in [0.25, 0.3) is 5.57 Å². The van der Waals surface area contributed by atoms with E-state index in [-0.39, 0.29) is 11.3 Å². The van der Waals surface area contributed by atoms with Crippen LogP contribution in [0.2, 0.25) is 5.02 Å². The Bertz CT molecular complexity index is 1240. The lowest BCUT2D eigenvalue weighted by atomic mass is 10.0. The average Bonchev–Trinajstić information content (AvgIpc) is 3.01. The molecular formula is C25H20ClFN2O3. The minimum absolute atomic E-state index is 0.0817. The van der Waals surface area contributed by atoms with Gasteiger partial charge in [-0.1, -0.05) is 41.9 Å². The number of para-hydroxylation sites is 2. The van der Waals surface area contributed by atoms with Gasteiger partial charge in [0.1, 0.15) is 17.3 Å². The number of hydrogen-bond acceptors (Lipinski definition) is 4. The molecule has 0 radical (unpaired) electrons. The maximum absolute atomic E-state index is 13.5. The average molecular weight is 451 g/mol. The number of nitrogens with zero attached hydrogens (tertiary/aromatic N) is 1. The van der Waals surface area contributed by atoms with Gasteiger partial charge in [0.25, 0.3) is 11.8 Å². The van der Waals surface area contributed by atoms with E-state index in [1.165, 1.54) is 24.3 Å². The molecule has 2 amide bonds. The number of halogens is 2. The summed E-state index contributed by atoms with van der Waals surface area (Å²) < 4.78 is 19.2. The first-order valence-corrected chi connectivity index (χ1v) is 10.4. The molecule has 0 saturated carbocycles. The molecule has 1 N–H and O–H groups in total. The molecule has 7 heteroatoms. The summed E-state index contributed by atoms with van der Waals surface area (Å²) in [7, 11) is 0. The van der Waals surface area contributed by atoms with Gasteiger partial charge >= 0.3 is 0 Å². The van der Waals surface area contributed by atoms with Crippen LogP contribution in [0.1, 0.15) is 18.1 Å². The van der Waals surface area contributed by atoms with Gasteiger partial charge in [0.2, 0.25) is 0 Å². The highest BCUT2D eigenvalue weighted by Crippen LogP contribution is 2.38. The third-order valence-electron chi connectivity index (χ3n) is 5.08. The van der Waals surface area contributed by atoms with E-state index in [0.717, 1.165) is 10.5 Å². The van der Waals surface area contributed by atoms with Crippen LogP contribution in [0.5, 0.6) is 5.75 Å². The van der Waals surface area contributed by atoms with Gasteiger partial charge in [-0.3, -0.25) is 9.59 Å². The minimum atomic E-state index is -0.541. The van der Waals surface area contributed by atoms with Crippen molar-refractivity contribution in [2.45, 2.75) is 13.8 Å². The molecular weight excluding hydrogens is 431 g/mol. The number of benzene rings is 3. The molecule has 3 aromatic carbocycles. The molecule has 0 saturated heterocycles. The summed E-state index contributed by atoms with van der Waals surface area (Å²) in [6.45, 7) is 4.06. The van der Waals surface area contributed by atoms with Crippen LogP contribution in [0.4, 0.5) is 15.8 Å². The Morgan fingerprint density at radius 1 is 1.00 bits per heavy atom. The Kier molecular flexibility index (Phi) is 5.97. The fourth-order valence-electron chi connectivity index (χ4n) is 3.53. The number of carbonyl (C=O) groups is 2. The lowest BCUT2D eigenvalue weighted by molar-refractivity contribution is -0.120. The number of amides is 2. The molecule has 0 atom stereocenters. The van der Waals surface area contributed by atoms with Gasteiger partial charge in [0, 0.05) is 10.7 Å². The van der Waals surface area contributed by atoms with Crippen molar-refractivity contribution < 1.29 is 18.7 Å². The van der Waals surface area contributed by atoms with E-state index in [9.17, 15) is 14.0 Å². The number of nitrogens with one attached hydrogen (secondary N) is 1. The van der Waals surface area contributed by atoms with Crippen LogP contribution >= 0.6 is 11.6 Å². The van der Waals surface area contributed by atoms with E-state index in [1.54, 1.807) is 36.4 Å². The van der Waals surface area contributed by atoms with Crippen LogP contribution in [0, 0.1) is 12.7 Å². The highest BCUT2D eigenvalue weighted by atomic mass is 35.5. The van der Waals surface area contributed by atoms with E-state index in [2.05, 4.69) is 5.32 Å². The predicted molar refractivity (Wildman–Crippen MR) is 123 cm³/mol. The fraction of sp³-hybridized carbons (Fsp3) is 0.120. The second-order valence-corrected chi connectivity index (χ2v) is 7.62. The molecule has 0 fully saturated rings. The van der Waals surface area contributed by atoms with E-state index in [1.807, 2.05) is 19.9 Å².